The zero-order chi connectivity index (χ0) is 17.2. The van der Waals surface area contributed by atoms with Crippen LogP contribution in [0.5, 0.6) is 0 Å². The van der Waals surface area contributed by atoms with E-state index in [0.29, 0.717) is 12.8 Å². The molecule has 23 heavy (non-hydrogen) atoms. The Kier molecular flexibility index (Phi) is 3.28. The molecule has 1 N–H and O–H groups in total. The van der Waals surface area contributed by atoms with Gasteiger partial charge in [-0.15, -0.1) is 0 Å². The quantitative estimate of drug-likeness (QED) is 0.864. The van der Waals surface area contributed by atoms with E-state index in [0.717, 1.165) is 21.3 Å². The molecule has 7 nitrogen and oxygen atoms in total. The number of rotatable bonds is 3. The largest absolute Gasteiger partial charge is 0.330 e. The van der Waals surface area contributed by atoms with Gasteiger partial charge in [-0.05, 0) is 31.9 Å². The second kappa shape index (κ2) is 4.75. The van der Waals surface area contributed by atoms with Crippen LogP contribution in [0.3, 0.4) is 0 Å². The summed E-state index contributed by atoms with van der Waals surface area (Å²) in [5.74, 6) is -1.00. The van der Waals surface area contributed by atoms with Gasteiger partial charge in [-0.3, -0.25) is 13.9 Å². The molecule has 0 bridgehead atoms. The first kappa shape index (κ1) is 15.9. The highest BCUT2D eigenvalue weighted by molar-refractivity contribution is 7.89. The minimum Gasteiger partial charge on any atom is -0.296 e. The van der Waals surface area contributed by atoms with Crippen molar-refractivity contribution in [3.8, 4) is 0 Å². The van der Waals surface area contributed by atoms with Crippen molar-refractivity contribution in [2.45, 2.75) is 30.2 Å². The van der Waals surface area contributed by atoms with Gasteiger partial charge in [0.25, 0.3) is 5.56 Å². The van der Waals surface area contributed by atoms with Crippen molar-refractivity contribution in [2.24, 2.45) is 14.1 Å². The van der Waals surface area contributed by atoms with Crippen LogP contribution in [0.15, 0.2) is 26.6 Å². The van der Waals surface area contributed by atoms with Crippen molar-refractivity contribution in [3.63, 3.8) is 0 Å². The molecular weight excluding hydrogens is 325 g/mol. The third kappa shape index (κ3) is 2.49. The Hall–Kier alpha value is -2.00. The molecule has 1 saturated carbocycles. The van der Waals surface area contributed by atoms with Gasteiger partial charge in [0.2, 0.25) is 10.0 Å². The number of halogens is 1. The highest BCUT2D eigenvalue weighted by Crippen LogP contribution is 2.36. The lowest BCUT2D eigenvalue weighted by atomic mass is 10.2. The molecule has 124 valence electrons. The van der Waals surface area contributed by atoms with Crippen molar-refractivity contribution >= 4 is 20.9 Å². The Morgan fingerprint density at radius 1 is 1.17 bits per heavy atom. The van der Waals surface area contributed by atoms with E-state index in [9.17, 15) is 22.4 Å². The lowest BCUT2D eigenvalue weighted by molar-refractivity contribution is 0.541. The van der Waals surface area contributed by atoms with E-state index in [2.05, 4.69) is 4.72 Å². The van der Waals surface area contributed by atoms with Gasteiger partial charge < -0.3 is 0 Å². The fraction of sp³-hybridized carbons (Fsp3) is 0.429. The number of nitrogens with zero attached hydrogens (tertiary/aromatic N) is 2. The van der Waals surface area contributed by atoms with Crippen molar-refractivity contribution in [1.29, 1.82) is 0 Å². The highest BCUT2D eigenvalue weighted by atomic mass is 32.2. The Bertz CT molecular complexity index is 1050. The second-order valence-corrected chi connectivity index (χ2v) is 7.82. The van der Waals surface area contributed by atoms with Crippen LogP contribution in [-0.4, -0.2) is 23.1 Å². The van der Waals surface area contributed by atoms with E-state index in [1.54, 1.807) is 6.92 Å². The van der Waals surface area contributed by atoms with Gasteiger partial charge in [0, 0.05) is 19.6 Å². The summed E-state index contributed by atoms with van der Waals surface area (Å²) >= 11 is 0. The topological polar surface area (TPSA) is 90.2 Å². The van der Waals surface area contributed by atoms with Gasteiger partial charge in [0.05, 0.1) is 10.9 Å². The van der Waals surface area contributed by atoms with Gasteiger partial charge in [-0.2, -0.15) is 0 Å². The van der Waals surface area contributed by atoms with Gasteiger partial charge >= 0.3 is 5.69 Å². The zero-order valence-electron chi connectivity index (χ0n) is 12.9. The monoisotopic (exact) mass is 341 g/mol. The van der Waals surface area contributed by atoms with E-state index >= 15 is 0 Å². The molecule has 1 aliphatic rings. The van der Waals surface area contributed by atoms with Crippen LogP contribution in [0.25, 0.3) is 10.9 Å². The van der Waals surface area contributed by atoms with Gasteiger partial charge in [-0.25, -0.2) is 22.3 Å². The first-order valence-corrected chi connectivity index (χ1v) is 8.47. The van der Waals surface area contributed by atoms with E-state index in [4.69, 9.17) is 0 Å². The molecule has 0 atom stereocenters. The number of fused-ring (bicyclic) bond motifs is 1. The van der Waals surface area contributed by atoms with Gasteiger partial charge in [0.1, 0.15) is 10.7 Å². The molecule has 0 radical (unpaired) electrons. The van der Waals surface area contributed by atoms with E-state index in [1.807, 2.05) is 0 Å². The number of hydrogen-bond donors (Lipinski definition) is 1. The van der Waals surface area contributed by atoms with Crippen molar-refractivity contribution < 1.29 is 12.8 Å². The molecule has 1 aliphatic carbocycles. The van der Waals surface area contributed by atoms with Crippen LogP contribution in [0.1, 0.15) is 19.8 Å². The number of aromatic nitrogens is 2. The Morgan fingerprint density at radius 3 is 2.35 bits per heavy atom. The number of sulfonamides is 1. The van der Waals surface area contributed by atoms with Crippen LogP contribution < -0.4 is 16.0 Å². The number of nitrogens with one attached hydrogen (secondary N) is 1. The molecule has 1 fully saturated rings. The second-order valence-electron chi connectivity index (χ2n) is 6.17. The summed E-state index contributed by atoms with van der Waals surface area (Å²) in [5.41, 5.74) is -1.79. The third-order valence-corrected chi connectivity index (χ3v) is 5.84. The van der Waals surface area contributed by atoms with Crippen LogP contribution in [0.4, 0.5) is 4.39 Å². The van der Waals surface area contributed by atoms with Gasteiger partial charge in [-0.1, -0.05) is 0 Å². The summed E-state index contributed by atoms with van der Waals surface area (Å²) in [6.45, 7) is 1.73. The Labute approximate surface area is 131 Å². The highest BCUT2D eigenvalue weighted by Gasteiger charge is 2.42. The molecule has 9 heteroatoms. The number of hydrogen-bond acceptors (Lipinski definition) is 4. The lowest BCUT2D eigenvalue weighted by Gasteiger charge is -2.14. The fourth-order valence-electron chi connectivity index (χ4n) is 2.46. The SMILES string of the molecule is Cn1c(=O)c2cc(S(=O)(=O)NC3(C)CC3)c(F)cc2n(C)c1=O. The van der Waals surface area contributed by atoms with Gasteiger partial charge in [0.15, 0.2) is 0 Å². The van der Waals surface area contributed by atoms with E-state index in [-0.39, 0.29) is 10.9 Å². The molecule has 0 saturated heterocycles. The predicted octanol–water partition coefficient (Wildman–Crippen LogP) is 0.207. The van der Waals surface area contributed by atoms with E-state index in [1.165, 1.54) is 14.1 Å². The molecule has 0 amide bonds. The predicted molar refractivity (Wildman–Crippen MR) is 82.3 cm³/mol. The van der Waals surface area contributed by atoms with Crippen LogP contribution in [0.2, 0.25) is 0 Å². The summed E-state index contributed by atoms with van der Waals surface area (Å²) < 4.78 is 43.5. The first-order chi connectivity index (χ1) is 10.6. The van der Waals surface area contributed by atoms with Crippen LogP contribution >= 0.6 is 0 Å². The molecule has 1 aromatic heterocycles. The van der Waals surface area contributed by atoms with Crippen LogP contribution in [0, 0.1) is 5.82 Å². The molecule has 1 heterocycles. The average molecular weight is 341 g/mol. The maximum atomic E-state index is 14.3. The molecule has 0 aliphatic heterocycles. The molecule has 0 unspecified atom stereocenters. The summed E-state index contributed by atoms with van der Waals surface area (Å²) in [4.78, 5) is 23.5. The fourth-order valence-corrected chi connectivity index (χ4v) is 4.01. The number of benzene rings is 1. The third-order valence-electron chi connectivity index (χ3n) is 4.19. The van der Waals surface area contributed by atoms with Crippen molar-refractivity contribution in [2.75, 3.05) is 0 Å². The molecular formula is C14H16FN3O4S. The summed E-state index contributed by atoms with van der Waals surface area (Å²) in [6.07, 6.45) is 1.36. The molecule has 0 spiro atoms. The lowest BCUT2D eigenvalue weighted by Crippen LogP contribution is -2.38. The molecule has 2 aromatic rings. The van der Waals surface area contributed by atoms with E-state index < -0.39 is 37.5 Å². The normalized spacial score (nSPS) is 16.7. The first-order valence-electron chi connectivity index (χ1n) is 6.99. The van der Waals surface area contributed by atoms with Crippen molar-refractivity contribution in [3.05, 3.63) is 38.8 Å². The summed E-state index contributed by atoms with van der Waals surface area (Å²) in [5, 5.41) is -0.0303. The molecule has 3 rings (SSSR count). The maximum Gasteiger partial charge on any atom is 0.330 e. The summed E-state index contributed by atoms with van der Waals surface area (Å²) in [6, 6.07) is 1.89. The van der Waals surface area contributed by atoms with Crippen LogP contribution in [-0.2, 0) is 24.1 Å². The summed E-state index contributed by atoms with van der Waals surface area (Å²) in [7, 11) is -1.42. The maximum absolute atomic E-state index is 14.3. The minimum atomic E-state index is -4.09. The smallest absolute Gasteiger partial charge is 0.296 e. The Morgan fingerprint density at radius 2 is 1.78 bits per heavy atom. The van der Waals surface area contributed by atoms with Crippen molar-refractivity contribution in [1.82, 2.24) is 13.9 Å². The average Bonchev–Trinajstić information content (AvgIpc) is 3.18. The minimum absolute atomic E-state index is 0.0303. The molecule has 1 aromatic carbocycles. The standard InChI is InChI=1S/C14H16FN3O4S/c1-14(4-5-14)16-23(21,22)11-6-8-10(7-9(11)15)17(2)13(20)18(3)12(8)19/h6-7,16H,4-5H2,1-3H3. The number of aryl methyl sites for hydroxylation is 1. The zero-order valence-corrected chi connectivity index (χ0v) is 13.7. The Balaban J connectivity index is 2.30.